The highest BCUT2D eigenvalue weighted by atomic mass is 19.1. The Morgan fingerprint density at radius 1 is 1.14 bits per heavy atom. The number of nitrogen functional groups attached to an aromatic ring is 2. The molecule has 5 nitrogen and oxygen atoms in total. The number of benzene rings is 2. The van der Waals surface area contributed by atoms with Gasteiger partial charge >= 0.3 is 0 Å². The van der Waals surface area contributed by atoms with E-state index in [1.54, 1.807) is 6.07 Å². The van der Waals surface area contributed by atoms with E-state index in [1.165, 1.54) is 11.6 Å². The molecule has 0 radical (unpaired) electrons. The van der Waals surface area contributed by atoms with E-state index in [0.717, 1.165) is 48.7 Å². The summed E-state index contributed by atoms with van der Waals surface area (Å²) in [6.45, 7) is 3.29. The molecule has 0 spiro atoms. The molecule has 0 amide bonds. The van der Waals surface area contributed by atoms with Crippen LogP contribution in [0.1, 0.15) is 42.7 Å². The van der Waals surface area contributed by atoms with E-state index in [4.69, 9.17) is 16.2 Å². The lowest BCUT2D eigenvalue weighted by Gasteiger charge is -2.29. The Hall–Kier alpha value is -2.73. The smallest absolute Gasteiger partial charge is 0.144 e. The van der Waals surface area contributed by atoms with Crippen LogP contribution in [-0.4, -0.2) is 24.2 Å². The number of anilines is 2. The minimum atomic E-state index is -0.176. The van der Waals surface area contributed by atoms with Crippen molar-refractivity contribution in [3.05, 3.63) is 53.5 Å². The summed E-state index contributed by atoms with van der Waals surface area (Å²) in [5.74, 6) is 0.958. The fourth-order valence-electron chi connectivity index (χ4n) is 4.40. The number of rotatable bonds is 6. The zero-order valence-corrected chi connectivity index (χ0v) is 16.8. The van der Waals surface area contributed by atoms with Crippen LogP contribution in [0.15, 0.2) is 36.5 Å². The average molecular weight is 397 g/mol. The standard InChI is InChI=1S/C23H29FN4O/c1-14-10-20(25)23(26)22(11-14)29-9-8-27-17-5-2-15(3-6-17)19-13-28-21-7-4-16(24)12-18(19)21/h4,7,10-13,15,17,27-28H,2-3,5-6,8-9,25-26H2,1H3. The zero-order valence-electron chi connectivity index (χ0n) is 16.8. The predicted octanol–water partition coefficient (Wildman–Crippen LogP) is 4.47. The third-order valence-corrected chi connectivity index (χ3v) is 5.95. The summed E-state index contributed by atoms with van der Waals surface area (Å²) >= 11 is 0. The van der Waals surface area contributed by atoms with Crippen molar-refractivity contribution >= 4 is 22.3 Å². The molecular formula is C23H29FN4O. The number of nitrogens with two attached hydrogens (primary N) is 2. The van der Waals surface area contributed by atoms with Crippen LogP contribution in [-0.2, 0) is 0 Å². The summed E-state index contributed by atoms with van der Waals surface area (Å²) < 4.78 is 19.5. The summed E-state index contributed by atoms with van der Waals surface area (Å²) in [4.78, 5) is 3.28. The lowest BCUT2D eigenvalue weighted by molar-refractivity contribution is 0.284. The van der Waals surface area contributed by atoms with E-state index >= 15 is 0 Å². The first-order valence-electron chi connectivity index (χ1n) is 10.3. The van der Waals surface area contributed by atoms with E-state index in [9.17, 15) is 4.39 Å². The number of hydrogen-bond donors (Lipinski definition) is 4. The van der Waals surface area contributed by atoms with Crippen molar-refractivity contribution < 1.29 is 9.13 Å². The predicted molar refractivity (Wildman–Crippen MR) is 117 cm³/mol. The second-order valence-corrected chi connectivity index (χ2v) is 8.05. The third kappa shape index (κ3) is 4.32. The molecule has 0 atom stereocenters. The Bertz CT molecular complexity index is 992. The van der Waals surface area contributed by atoms with Crippen molar-refractivity contribution in [3.8, 4) is 5.75 Å². The molecule has 6 N–H and O–H groups in total. The van der Waals surface area contributed by atoms with Gasteiger partial charge in [0.2, 0.25) is 0 Å². The van der Waals surface area contributed by atoms with Gasteiger partial charge in [0.25, 0.3) is 0 Å². The van der Waals surface area contributed by atoms with Crippen molar-refractivity contribution in [3.63, 3.8) is 0 Å². The Morgan fingerprint density at radius 2 is 1.93 bits per heavy atom. The van der Waals surface area contributed by atoms with Crippen molar-refractivity contribution in [1.29, 1.82) is 0 Å². The van der Waals surface area contributed by atoms with Gasteiger partial charge in [0.1, 0.15) is 18.2 Å². The molecule has 1 aromatic heterocycles. The molecule has 1 heterocycles. The molecule has 0 aliphatic heterocycles. The summed E-state index contributed by atoms with van der Waals surface area (Å²) in [6.07, 6.45) is 6.46. The topological polar surface area (TPSA) is 89.1 Å². The number of aryl methyl sites for hydroxylation is 1. The van der Waals surface area contributed by atoms with Gasteiger partial charge in [-0.05, 0) is 80.0 Å². The fourth-order valence-corrected chi connectivity index (χ4v) is 4.40. The lowest BCUT2D eigenvalue weighted by atomic mass is 9.81. The first-order chi connectivity index (χ1) is 14.0. The van der Waals surface area contributed by atoms with Crippen LogP contribution >= 0.6 is 0 Å². The molecule has 29 heavy (non-hydrogen) atoms. The number of ether oxygens (including phenoxy) is 1. The number of H-pyrrole nitrogens is 1. The summed E-state index contributed by atoms with van der Waals surface area (Å²) in [5.41, 5.74) is 16.2. The van der Waals surface area contributed by atoms with Crippen LogP contribution in [0.25, 0.3) is 10.9 Å². The SMILES string of the molecule is Cc1cc(N)c(N)c(OCCNC2CCC(c3c[nH]c4ccc(F)cc34)CC2)c1. The molecule has 1 aliphatic carbocycles. The Kier molecular flexibility index (Phi) is 5.62. The van der Waals surface area contributed by atoms with Crippen LogP contribution in [0.3, 0.4) is 0 Å². The van der Waals surface area contributed by atoms with Gasteiger partial charge in [-0.25, -0.2) is 4.39 Å². The van der Waals surface area contributed by atoms with Crippen LogP contribution in [0.2, 0.25) is 0 Å². The van der Waals surface area contributed by atoms with E-state index in [-0.39, 0.29) is 5.82 Å². The molecule has 0 unspecified atom stereocenters. The van der Waals surface area contributed by atoms with Gasteiger partial charge in [-0.15, -0.1) is 0 Å². The molecule has 1 aliphatic rings. The van der Waals surface area contributed by atoms with Crippen LogP contribution in [0.4, 0.5) is 15.8 Å². The largest absolute Gasteiger partial charge is 0.490 e. The van der Waals surface area contributed by atoms with E-state index < -0.39 is 0 Å². The lowest BCUT2D eigenvalue weighted by Crippen LogP contribution is -2.35. The number of halogens is 1. The monoisotopic (exact) mass is 396 g/mol. The molecule has 6 heteroatoms. The maximum atomic E-state index is 13.6. The second-order valence-electron chi connectivity index (χ2n) is 8.05. The number of hydrogen-bond acceptors (Lipinski definition) is 4. The number of aromatic amines is 1. The van der Waals surface area contributed by atoms with Crippen molar-refractivity contribution in [2.75, 3.05) is 24.6 Å². The molecule has 0 saturated heterocycles. The zero-order chi connectivity index (χ0) is 20.4. The minimum Gasteiger partial charge on any atom is -0.490 e. The normalized spacial score (nSPS) is 19.5. The number of fused-ring (bicyclic) bond motifs is 1. The first kappa shape index (κ1) is 19.6. The van der Waals surface area contributed by atoms with Gasteiger partial charge in [-0.2, -0.15) is 0 Å². The number of nitrogens with one attached hydrogen (secondary N) is 2. The van der Waals surface area contributed by atoms with Crippen molar-refractivity contribution in [1.82, 2.24) is 10.3 Å². The molecule has 2 aromatic carbocycles. The van der Waals surface area contributed by atoms with Gasteiger partial charge < -0.3 is 26.5 Å². The van der Waals surface area contributed by atoms with Crippen molar-refractivity contribution in [2.45, 2.75) is 44.6 Å². The number of aromatic nitrogens is 1. The molecule has 154 valence electrons. The second kappa shape index (κ2) is 8.33. The molecule has 4 rings (SSSR count). The molecule has 1 fully saturated rings. The average Bonchev–Trinajstić information content (AvgIpc) is 3.12. The molecule has 1 saturated carbocycles. The van der Waals surface area contributed by atoms with Gasteiger partial charge in [0, 0.05) is 29.7 Å². The van der Waals surface area contributed by atoms with Crippen LogP contribution in [0.5, 0.6) is 5.75 Å². The van der Waals surface area contributed by atoms with Gasteiger partial charge in [0.15, 0.2) is 0 Å². The van der Waals surface area contributed by atoms with E-state index in [2.05, 4.69) is 10.3 Å². The van der Waals surface area contributed by atoms with Gasteiger partial charge in [-0.1, -0.05) is 0 Å². The van der Waals surface area contributed by atoms with E-state index in [1.807, 2.05) is 31.3 Å². The highest BCUT2D eigenvalue weighted by Gasteiger charge is 2.24. The van der Waals surface area contributed by atoms with E-state index in [0.29, 0.717) is 35.7 Å². The molecule has 0 bridgehead atoms. The Labute approximate surface area is 170 Å². The quantitative estimate of drug-likeness (QED) is 0.365. The van der Waals surface area contributed by atoms with Crippen LogP contribution < -0.4 is 21.5 Å². The summed E-state index contributed by atoms with van der Waals surface area (Å²) in [5, 5.41) is 4.61. The third-order valence-electron chi connectivity index (χ3n) is 5.95. The maximum absolute atomic E-state index is 13.6. The Balaban J connectivity index is 1.26. The molecule has 3 aromatic rings. The fraction of sp³-hybridized carbons (Fsp3) is 0.391. The van der Waals surface area contributed by atoms with Crippen LogP contribution in [0, 0.1) is 12.7 Å². The van der Waals surface area contributed by atoms with Gasteiger partial charge in [-0.3, -0.25) is 0 Å². The first-order valence-corrected chi connectivity index (χ1v) is 10.3. The summed E-state index contributed by atoms with van der Waals surface area (Å²) in [6, 6.07) is 9.21. The van der Waals surface area contributed by atoms with Crippen molar-refractivity contribution in [2.24, 2.45) is 0 Å². The summed E-state index contributed by atoms with van der Waals surface area (Å²) in [7, 11) is 0. The minimum absolute atomic E-state index is 0.176. The maximum Gasteiger partial charge on any atom is 0.144 e. The Morgan fingerprint density at radius 3 is 2.72 bits per heavy atom. The van der Waals surface area contributed by atoms with Gasteiger partial charge in [0.05, 0.1) is 11.4 Å². The highest BCUT2D eigenvalue weighted by molar-refractivity contribution is 5.83. The highest BCUT2D eigenvalue weighted by Crippen LogP contribution is 2.36. The molecular weight excluding hydrogens is 367 g/mol.